The van der Waals surface area contributed by atoms with Crippen LogP contribution in [0.25, 0.3) is 0 Å². The second-order valence-electron chi connectivity index (χ2n) is 4.17. The van der Waals surface area contributed by atoms with Gasteiger partial charge in [-0.1, -0.05) is 12.1 Å². The highest BCUT2D eigenvalue weighted by molar-refractivity contribution is 5.88. The average Bonchev–Trinajstić information content (AvgIpc) is 3.00. The fourth-order valence-electron chi connectivity index (χ4n) is 1.72. The molecular weight excluding hydrogens is 188 g/mol. The summed E-state index contributed by atoms with van der Waals surface area (Å²) in [6.45, 7) is 1.50. The Morgan fingerprint density at radius 2 is 2.00 bits per heavy atom. The summed E-state index contributed by atoms with van der Waals surface area (Å²) in [5.74, 6) is 0.617. The second kappa shape index (κ2) is 4.03. The molecule has 3 heteroatoms. The fraction of sp³-hybridized carbons (Fsp3) is 0.417. The first kappa shape index (κ1) is 10.2. The summed E-state index contributed by atoms with van der Waals surface area (Å²) in [5, 5.41) is 2.74. The van der Waals surface area contributed by atoms with Gasteiger partial charge in [0.05, 0.1) is 0 Å². The van der Waals surface area contributed by atoms with E-state index in [1.807, 2.05) is 24.3 Å². The van der Waals surface area contributed by atoms with E-state index in [4.69, 9.17) is 5.73 Å². The standard InChI is InChI=1S/C12H16N2O/c1-8(15)14-11-6-4-10(5-7-11)12(13)9-2-3-9/h4-7,9,12H,2-3,13H2,1H3,(H,14,15)/t12-/m1/s1. The maximum Gasteiger partial charge on any atom is 0.221 e. The van der Waals surface area contributed by atoms with Gasteiger partial charge in [0.1, 0.15) is 0 Å². The summed E-state index contributed by atoms with van der Waals surface area (Å²) in [6.07, 6.45) is 2.49. The highest BCUT2D eigenvalue weighted by atomic mass is 16.1. The van der Waals surface area contributed by atoms with Crippen molar-refractivity contribution >= 4 is 11.6 Å². The van der Waals surface area contributed by atoms with Gasteiger partial charge in [-0.3, -0.25) is 4.79 Å². The number of anilines is 1. The topological polar surface area (TPSA) is 55.1 Å². The first-order valence-electron chi connectivity index (χ1n) is 5.30. The Bertz CT molecular complexity index is 354. The quantitative estimate of drug-likeness (QED) is 0.791. The van der Waals surface area contributed by atoms with Crippen molar-refractivity contribution in [3.8, 4) is 0 Å². The zero-order chi connectivity index (χ0) is 10.8. The van der Waals surface area contributed by atoms with E-state index >= 15 is 0 Å². The molecule has 0 heterocycles. The van der Waals surface area contributed by atoms with Crippen LogP contribution in [0.4, 0.5) is 5.69 Å². The minimum absolute atomic E-state index is 0.0470. The first-order chi connectivity index (χ1) is 7.16. The summed E-state index contributed by atoms with van der Waals surface area (Å²) in [4.78, 5) is 10.8. The number of amides is 1. The molecule has 0 unspecified atom stereocenters. The molecule has 1 atom stereocenters. The van der Waals surface area contributed by atoms with Crippen molar-refractivity contribution in [2.45, 2.75) is 25.8 Å². The third-order valence-corrected chi connectivity index (χ3v) is 2.75. The number of benzene rings is 1. The minimum Gasteiger partial charge on any atom is -0.326 e. The third kappa shape index (κ3) is 2.57. The van der Waals surface area contributed by atoms with Crippen LogP contribution in [0.5, 0.6) is 0 Å². The van der Waals surface area contributed by atoms with Crippen LogP contribution in [0, 0.1) is 5.92 Å². The highest BCUT2D eigenvalue weighted by Crippen LogP contribution is 2.39. The predicted octanol–water partition coefficient (Wildman–Crippen LogP) is 2.05. The zero-order valence-corrected chi connectivity index (χ0v) is 8.86. The van der Waals surface area contributed by atoms with Crippen LogP contribution in [0.2, 0.25) is 0 Å². The highest BCUT2D eigenvalue weighted by Gasteiger charge is 2.29. The van der Waals surface area contributed by atoms with E-state index in [0.29, 0.717) is 5.92 Å². The Labute approximate surface area is 89.7 Å². The van der Waals surface area contributed by atoms with Crippen LogP contribution in [0.3, 0.4) is 0 Å². The second-order valence-corrected chi connectivity index (χ2v) is 4.17. The van der Waals surface area contributed by atoms with Gasteiger partial charge in [-0.05, 0) is 36.5 Å². The zero-order valence-electron chi connectivity index (χ0n) is 8.86. The first-order valence-corrected chi connectivity index (χ1v) is 5.30. The van der Waals surface area contributed by atoms with Crippen molar-refractivity contribution in [1.29, 1.82) is 0 Å². The van der Waals surface area contributed by atoms with E-state index in [0.717, 1.165) is 11.3 Å². The fourth-order valence-corrected chi connectivity index (χ4v) is 1.72. The van der Waals surface area contributed by atoms with Crippen LogP contribution in [0.15, 0.2) is 24.3 Å². The van der Waals surface area contributed by atoms with E-state index in [1.165, 1.54) is 19.8 Å². The maximum atomic E-state index is 10.8. The lowest BCUT2D eigenvalue weighted by Crippen LogP contribution is -2.12. The van der Waals surface area contributed by atoms with Crippen LogP contribution in [-0.4, -0.2) is 5.91 Å². The summed E-state index contributed by atoms with van der Waals surface area (Å²) in [6, 6.07) is 7.96. The summed E-state index contributed by atoms with van der Waals surface area (Å²) < 4.78 is 0. The minimum atomic E-state index is -0.0470. The van der Waals surface area contributed by atoms with Gasteiger partial charge < -0.3 is 11.1 Å². The average molecular weight is 204 g/mol. The third-order valence-electron chi connectivity index (χ3n) is 2.75. The lowest BCUT2D eigenvalue weighted by atomic mass is 10.0. The van der Waals surface area contributed by atoms with Crippen molar-refractivity contribution in [2.75, 3.05) is 5.32 Å². The molecule has 15 heavy (non-hydrogen) atoms. The van der Waals surface area contributed by atoms with E-state index in [1.54, 1.807) is 0 Å². The molecule has 0 saturated heterocycles. The molecule has 2 rings (SSSR count). The number of carbonyl (C=O) groups excluding carboxylic acids is 1. The Morgan fingerprint density at radius 3 is 2.47 bits per heavy atom. The van der Waals surface area contributed by atoms with Crippen molar-refractivity contribution < 1.29 is 4.79 Å². The summed E-state index contributed by atoms with van der Waals surface area (Å²) in [7, 11) is 0. The van der Waals surface area contributed by atoms with Crippen molar-refractivity contribution in [2.24, 2.45) is 11.7 Å². The van der Waals surface area contributed by atoms with Gasteiger partial charge in [-0.15, -0.1) is 0 Å². The molecule has 1 aliphatic rings. The Hall–Kier alpha value is -1.35. The van der Waals surface area contributed by atoms with Crippen molar-refractivity contribution in [3.05, 3.63) is 29.8 Å². The monoisotopic (exact) mass is 204 g/mol. The molecule has 3 N–H and O–H groups in total. The van der Waals surface area contributed by atoms with Crippen molar-refractivity contribution in [3.63, 3.8) is 0 Å². The molecule has 0 spiro atoms. The predicted molar refractivity (Wildman–Crippen MR) is 60.4 cm³/mol. The van der Waals surface area contributed by atoms with E-state index < -0.39 is 0 Å². The van der Waals surface area contributed by atoms with Gasteiger partial charge >= 0.3 is 0 Å². The SMILES string of the molecule is CC(=O)Nc1ccc([C@H](N)C2CC2)cc1. The van der Waals surface area contributed by atoms with Gasteiger partial charge in [-0.25, -0.2) is 0 Å². The Balaban J connectivity index is 2.05. The van der Waals surface area contributed by atoms with Gasteiger partial charge in [0.15, 0.2) is 0 Å². The smallest absolute Gasteiger partial charge is 0.221 e. The molecule has 1 saturated carbocycles. The molecular formula is C12H16N2O. The Morgan fingerprint density at radius 1 is 1.40 bits per heavy atom. The molecule has 0 aliphatic heterocycles. The van der Waals surface area contributed by atoms with Gasteiger partial charge in [0.25, 0.3) is 0 Å². The summed E-state index contributed by atoms with van der Waals surface area (Å²) >= 11 is 0. The molecule has 0 bridgehead atoms. The molecule has 1 amide bonds. The molecule has 80 valence electrons. The normalized spacial score (nSPS) is 17.2. The van der Waals surface area contributed by atoms with Crippen LogP contribution < -0.4 is 11.1 Å². The van der Waals surface area contributed by atoms with E-state index in [-0.39, 0.29) is 11.9 Å². The van der Waals surface area contributed by atoms with Crippen LogP contribution in [0.1, 0.15) is 31.4 Å². The number of carbonyl (C=O) groups is 1. The van der Waals surface area contributed by atoms with Gasteiger partial charge in [0, 0.05) is 18.7 Å². The van der Waals surface area contributed by atoms with Gasteiger partial charge in [-0.2, -0.15) is 0 Å². The molecule has 3 nitrogen and oxygen atoms in total. The lowest BCUT2D eigenvalue weighted by Gasteiger charge is -2.11. The number of hydrogen-bond donors (Lipinski definition) is 2. The number of nitrogens with two attached hydrogens (primary N) is 1. The number of hydrogen-bond acceptors (Lipinski definition) is 2. The molecule has 1 aromatic carbocycles. The number of rotatable bonds is 3. The molecule has 1 aromatic rings. The van der Waals surface area contributed by atoms with Crippen molar-refractivity contribution in [1.82, 2.24) is 0 Å². The Kier molecular flexibility index (Phi) is 2.73. The largest absolute Gasteiger partial charge is 0.326 e. The maximum absolute atomic E-state index is 10.8. The van der Waals surface area contributed by atoms with E-state index in [9.17, 15) is 4.79 Å². The van der Waals surface area contributed by atoms with Gasteiger partial charge in [0.2, 0.25) is 5.91 Å². The van der Waals surface area contributed by atoms with Crippen LogP contribution in [-0.2, 0) is 4.79 Å². The lowest BCUT2D eigenvalue weighted by molar-refractivity contribution is -0.114. The molecule has 1 fully saturated rings. The van der Waals surface area contributed by atoms with Crippen LogP contribution >= 0.6 is 0 Å². The molecule has 0 radical (unpaired) electrons. The van der Waals surface area contributed by atoms with E-state index in [2.05, 4.69) is 5.32 Å². The molecule has 1 aliphatic carbocycles. The summed E-state index contributed by atoms with van der Waals surface area (Å²) in [5.41, 5.74) is 8.05. The molecule has 0 aromatic heterocycles. The number of nitrogens with one attached hydrogen (secondary N) is 1.